The lowest BCUT2D eigenvalue weighted by atomic mass is 9.77. The van der Waals surface area contributed by atoms with Crippen LogP contribution in [0.15, 0.2) is 12.1 Å². The minimum Gasteiger partial charge on any atom is -0.459 e. The van der Waals surface area contributed by atoms with Crippen molar-refractivity contribution in [2.75, 3.05) is 5.32 Å². The second kappa shape index (κ2) is 7.13. The fourth-order valence-corrected chi connectivity index (χ4v) is 2.64. The standard InChI is InChI=1S/C17H21F3INO3/c1-9-7-13(22-17(18,19)20)11(8-12(9)21)16(6,10(2)23)14(24)25-15(3,4)5/h7-8,22H,1-6H3/t16-/m0/s1. The Kier molecular flexibility index (Phi) is 6.19. The van der Waals surface area contributed by atoms with Crippen molar-refractivity contribution in [3.05, 3.63) is 26.8 Å². The normalized spacial score (nSPS) is 14.6. The van der Waals surface area contributed by atoms with Crippen LogP contribution in [0.25, 0.3) is 0 Å². The summed E-state index contributed by atoms with van der Waals surface area (Å²) in [5, 5.41) is 1.43. The molecule has 0 aliphatic heterocycles. The Balaban J connectivity index is 3.62. The lowest BCUT2D eigenvalue weighted by Gasteiger charge is -2.32. The molecule has 0 saturated carbocycles. The van der Waals surface area contributed by atoms with Gasteiger partial charge in [-0.25, -0.2) is 0 Å². The van der Waals surface area contributed by atoms with Crippen LogP contribution in [0.3, 0.4) is 0 Å². The van der Waals surface area contributed by atoms with Crippen LogP contribution in [0.5, 0.6) is 0 Å². The number of Topliss-reactive ketones (excluding diaryl/α,β-unsaturated/α-hetero) is 1. The summed E-state index contributed by atoms with van der Waals surface area (Å²) in [4.78, 5) is 25.0. The average Bonchev–Trinajstić information content (AvgIpc) is 2.37. The van der Waals surface area contributed by atoms with Crippen LogP contribution in [-0.4, -0.2) is 23.7 Å². The molecule has 0 amide bonds. The number of benzene rings is 1. The van der Waals surface area contributed by atoms with E-state index in [4.69, 9.17) is 4.74 Å². The number of anilines is 1. The molecule has 1 rings (SSSR count). The molecule has 8 heteroatoms. The van der Waals surface area contributed by atoms with Gasteiger partial charge in [-0.3, -0.25) is 14.9 Å². The van der Waals surface area contributed by atoms with Gasteiger partial charge in [0.2, 0.25) is 0 Å². The Bertz CT molecular complexity index is 696. The second-order valence-corrected chi connectivity index (χ2v) is 8.12. The Morgan fingerprint density at radius 3 is 2.04 bits per heavy atom. The number of rotatable bonds is 4. The van der Waals surface area contributed by atoms with Crippen LogP contribution in [0.1, 0.15) is 45.7 Å². The van der Waals surface area contributed by atoms with Crippen molar-refractivity contribution >= 4 is 40.0 Å². The minimum absolute atomic E-state index is 0.0680. The van der Waals surface area contributed by atoms with Crippen LogP contribution in [0.4, 0.5) is 18.9 Å². The third-order valence-electron chi connectivity index (χ3n) is 3.63. The number of ether oxygens (including phenoxy) is 1. The summed E-state index contributed by atoms with van der Waals surface area (Å²) >= 11 is 1.95. The molecule has 0 fully saturated rings. The Labute approximate surface area is 158 Å². The molecule has 0 heterocycles. The molecule has 0 aliphatic carbocycles. The molecular formula is C17H21F3INO3. The topological polar surface area (TPSA) is 55.4 Å². The van der Waals surface area contributed by atoms with Gasteiger partial charge < -0.3 is 4.74 Å². The van der Waals surface area contributed by atoms with Crippen molar-refractivity contribution in [2.24, 2.45) is 0 Å². The Hall–Kier alpha value is -1.32. The lowest BCUT2D eigenvalue weighted by molar-refractivity contribution is -0.163. The van der Waals surface area contributed by atoms with Crippen LogP contribution in [0, 0.1) is 10.5 Å². The van der Waals surface area contributed by atoms with Crippen molar-refractivity contribution in [3.63, 3.8) is 0 Å². The first-order valence-electron chi connectivity index (χ1n) is 7.48. The van der Waals surface area contributed by atoms with Gasteiger partial charge in [0, 0.05) is 14.8 Å². The molecule has 0 aromatic heterocycles. The third-order valence-corrected chi connectivity index (χ3v) is 4.79. The molecule has 1 aromatic carbocycles. The van der Waals surface area contributed by atoms with E-state index in [1.165, 1.54) is 24.4 Å². The molecule has 0 radical (unpaired) electrons. The van der Waals surface area contributed by atoms with Gasteiger partial charge in [-0.15, -0.1) is 0 Å². The highest BCUT2D eigenvalue weighted by Gasteiger charge is 2.46. The number of carbonyl (C=O) groups is 2. The highest BCUT2D eigenvalue weighted by Crippen LogP contribution is 2.38. The van der Waals surface area contributed by atoms with Gasteiger partial charge in [0.15, 0.2) is 5.78 Å². The predicted molar refractivity (Wildman–Crippen MR) is 97.5 cm³/mol. The second-order valence-electron chi connectivity index (χ2n) is 6.95. The zero-order valence-corrected chi connectivity index (χ0v) is 17.0. The van der Waals surface area contributed by atoms with E-state index in [1.807, 2.05) is 22.6 Å². The fourth-order valence-electron chi connectivity index (χ4n) is 2.17. The van der Waals surface area contributed by atoms with E-state index in [9.17, 15) is 22.8 Å². The van der Waals surface area contributed by atoms with E-state index in [2.05, 4.69) is 0 Å². The van der Waals surface area contributed by atoms with E-state index in [-0.39, 0.29) is 11.3 Å². The smallest absolute Gasteiger partial charge is 0.459 e. The highest BCUT2D eigenvalue weighted by atomic mass is 127. The van der Waals surface area contributed by atoms with Gasteiger partial charge in [-0.05, 0) is 81.8 Å². The van der Waals surface area contributed by atoms with Gasteiger partial charge >= 0.3 is 12.3 Å². The van der Waals surface area contributed by atoms with Gasteiger partial charge in [0.05, 0.1) is 0 Å². The monoisotopic (exact) mass is 471 g/mol. The first kappa shape index (κ1) is 21.7. The van der Waals surface area contributed by atoms with Crippen LogP contribution in [-0.2, 0) is 19.7 Å². The first-order valence-corrected chi connectivity index (χ1v) is 8.56. The number of aryl methyl sites for hydroxylation is 1. The minimum atomic E-state index is -4.71. The number of alkyl halides is 3. The van der Waals surface area contributed by atoms with Crippen molar-refractivity contribution in [1.29, 1.82) is 0 Å². The summed E-state index contributed by atoms with van der Waals surface area (Å²) in [5.74, 6) is -1.50. The molecule has 1 N–H and O–H groups in total. The number of carbonyl (C=O) groups excluding carboxylic acids is 2. The summed E-state index contributed by atoms with van der Waals surface area (Å²) < 4.78 is 44.6. The first-order chi connectivity index (χ1) is 11.1. The van der Waals surface area contributed by atoms with Gasteiger partial charge in [-0.2, -0.15) is 13.2 Å². The maximum absolute atomic E-state index is 12.9. The largest absolute Gasteiger partial charge is 0.482 e. The molecule has 4 nitrogen and oxygen atoms in total. The quantitative estimate of drug-likeness (QED) is 0.299. The summed E-state index contributed by atoms with van der Waals surface area (Å²) in [5.41, 5.74) is -2.57. The summed E-state index contributed by atoms with van der Waals surface area (Å²) in [6.45, 7) is 8.96. The predicted octanol–water partition coefficient (Wildman–Crippen LogP) is 4.72. The van der Waals surface area contributed by atoms with Crippen LogP contribution in [0.2, 0.25) is 0 Å². The number of ketones is 1. The van der Waals surface area contributed by atoms with Crippen molar-refractivity contribution in [3.8, 4) is 0 Å². The van der Waals surface area contributed by atoms with E-state index < -0.39 is 29.1 Å². The van der Waals surface area contributed by atoms with Crippen molar-refractivity contribution in [2.45, 2.75) is 58.9 Å². The van der Waals surface area contributed by atoms with E-state index in [1.54, 1.807) is 27.7 Å². The van der Waals surface area contributed by atoms with Crippen LogP contribution < -0.4 is 5.32 Å². The fraction of sp³-hybridized carbons (Fsp3) is 0.529. The maximum Gasteiger partial charge on any atom is 0.482 e. The molecule has 0 spiro atoms. The van der Waals surface area contributed by atoms with E-state index >= 15 is 0 Å². The summed E-state index contributed by atoms with van der Waals surface area (Å²) in [6.07, 6.45) is -4.71. The SMILES string of the molecule is CC(=O)[C@](C)(C(=O)OC(C)(C)C)c1cc(I)c(C)cc1NC(F)(F)F. The third kappa shape index (κ3) is 5.32. The van der Waals surface area contributed by atoms with Gasteiger partial charge in [-0.1, -0.05) is 0 Å². The lowest BCUT2D eigenvalue weighted by Crippen LogP contribution is -2.45. The molecule has 1 aromatic rings. The molecule has 1 atom stereocenters. The molecule has 0 aliphatic rings. The number of hydrogen-bond donors (Lipinski definition) is 1. The zero-order chi connectivity index (χ0) is 19.8. The molecule has 140 valence electrons. The number of halogens is 4. The van der Waals surface area contributed by atoms with Gasteiger partial charge in [0.1, 0.15) is 11.0 Å². The summed E-state index contributed by atoms with van der Waals surface area (Å²) in [6, 6.07) is 2.69. The molecule has 0 unspecified atom stereocenters. The zero-order valence-electron chi connectivity index (χ0n) is 14.9. The van der Waals surface area contributed by atoms with Crippen molar-refractivity contribution < 1.29 is 27.5 Å². The van der Waals surface area contributed by atoms with Gasteiger partial charge in [0.25, 0.3) is 0 Å². The maximum atomic E-state index is 12.9. The molecular weight excluding hydrogens is 450 g/mol. The number of hydrogen-bond acceptors (Lipinski definition) is 4. The molecule has 25 heavy (non-hydrogen) atoms. The average molecular weight is 471 g/mol. The molecule has 0 saturated heterocycles. The van der Waals surface area contributed by atoms with Crippen molar-refractivity contribution in [1.82, 2.24) is 0 Å². The van der Waals surface area contributed by atoms with E-state index in [0.29, 0.717) is 9.13 Å². The summed E-state index contributed by atoms with van der Waals surface area (Å²) in [7, 11) is 0. The number of esters is 1. The van der Waals surface area contributed by atoms with Crippen LogP contribution >= 0.6 is 22.6 Å². The highest BCUT2D eigenvalue weighted by molar-refractivity contribution is 14.1. The Morgan fingerprint density at radius 1 is 1.12 bits per heavy atom. The Morgan fingerprint density at radius 2 is 1.64 bits per heavy atom. The molecule has 0 bridgehead atoms. The number of nitrogens with one attached hydrogen (secondary N) is 1. The van der Waals surface area contributed by atoms with E-state index in [0.717, 1.165) is 6.92 Å².